The number of ether oxygens (including phenoxy) is 1. The molecule has 1 aliphatic heterocycles. The molecule has 1 saturated heterocycles. The van der Waals surface area contributed by atoms with Crippen LogP contribution in [0.4, 0.5) is 23.0 Å². The molecule has 13 heteroatoms. The van der Waals surface area contributed by atoms with E-state index in [4.69, 9.17) is 5.73 Å². The maximum Gasteiger partial charge on any atom is 0.430 e. The highest BCUT2D eigenvalue weighted by Crippen LogP contribution is 2.38. The largest absolute Gasteiger partial charge is 0.430 e. The fourth-order valence-corrected chi connectivity index (χ4v) is 4.23. The molecule has 1 unspecified atom stereocenters. The van der Waals surface area contributed by atoms with Crippen molar-refractivity contribution in [3.8, 4) is 5.88 Å². The van der Waals surface area contributed by atoms with Gasteiger partial charge in [0.05, 0.1) is 6.10 Å². The molecule has 1 atom stereocenters. The molecule has 34 heavy (non-hydrogen) atoms. The summed E-state index contributed by atoms with van der Waals surface area (Å²) in [5.41, 5.74) is 4.16. The van der Waals surface area contributed by atoms with Crippen molar-refractivity contribution < 1.29 is 32.6 Å². The maximum absolute atomic E-state index is 14.6. The van der Waals surface area contributed by atoms with E-state index in [1.807, 2.05) is 0 Å². The van der Waals surface area contributed by atoms with Gasteiger partial charge in [-0.1, -0.05) is 6.07 Å². The minimum Gasteiger partial charge on any atom is -0.409 e. The Labute approximate surface area is 198 Å². The van der Waals surface area contributed by atoms with Crippen molar-refractivity contribution >= 4 is 28.5 Å². The zero-order chi connectivity index (χ0) is 24.9. The molecule has 0 saturated carbocycles. The van der Waals surface area contributed by atoms with Gasteiger partial charge in [0.25, 0.3) is 5.91 Å². The van der Waals surface area contributed by atoms with Gasteiger partial charge in [0, 0.05) is 19.6 Å². The zero-order valence-corrected chi connectivity index (χ0v) is 19.3. The minimum atomic E-state index is -4.14. The summed E-state index contributed by atoms with van der Waals surface area (Å²) >= 11 is 0.531. The lowest BCUT2D eigenvalue weighted by molar-refractivity contribution is -0.189. The smallest absolute Gasteiger partial charge is 0.409 e. The number of rotatable bonds is 10. The molecule has 1 aromatic heterocycles. The van der Waals surface area contributed by atoms with Gasteiger partial charge in [0.15, 0.2) is 0 Å². The SMILES string of the molecule is Cc1ccc(C(F)(F)Oc2nsc(NC(=O)NCCCCN3CCC(O)C3)c2C(N)=O)c(F)c1. The number of primary amides is 1. The number of nitrogens with two attached hydrogens (primary N) is 1. The topological polar surface area (TPSA) is 130 Å². The van der Waals surface area contributed by atoms with Crippen molar-refractivity contribution in [1.29, 1.82) is 0 Å². The van der Waals surface area contributed by atoms with E-state index in [1.165, 1.54) is 6.07 Å². The Bertz CT molecular complexity index is 1040. The Hall–Kier alpha value is -2.90. The molecule has 0 spiro atoms. The average molecular weight is 502 g/mol. The molecule has 0 aliphatic carbocycles. The Morgan fingerprint density at radius 1 is 1.38 bits per heavy atom. The monoisotopic (exact) mass is 501 g/mol. The van der Waals surface area contributed by atoms with Crippen LogP contribution in [-0.2, 0) is 6.11 Å². The Balaban J connectivity index is 1.56. The van der Waals surface area contributed by atoms with Crippen molar-refractivity contribution in [2.24, 2.45) is 5.73 Å². The third-order valence-corrected chi connectivity index (χ3v) is 5.98. The molecule has 186 valence electrons. The standard InChI is InChI=1S/C21H26F3N5O4S/c1-12-4-5-14(15(22)10-12)21(23,24)33-18-16(17(25)31)19(34-28-18)27-20(32)26-7-2-3-8-29-9-6-13(30)11-29/h4-5,10,13,30H,2-3,6-9,11H2,1H3,(H2,25,31)(H2,26,27,32). The van der Waals surface area contributed by atoms with E-state index in [0.717, 1.165) is 38.1 Å². The number of anilines is 1. The lowest BCUT2D eigenvalue weighted by Gasteiger charge is -2.18. The number of carbonyl (C=O) groups is 2. The average Bonchev–Trinajstić information content (AvgIpc) is 3.32. The fraction of sp³-hybridized carbons (Fsp3) is 0.476. The number of aryl methyl sites for hydroxylation is 1. The highest BCUT2D eigenvalue weighted by atomic mass is 32.1. The van der Waals surface area contributed by atoms with E-state index in [0.29, 0.717) is 36.6 Å². The second-order valence-electron chi connectivity index (χ2n) is 7.99. The third-order valence-electron chi connectivity index (χ3n) is 5.23. The Morgan fingerprint density at radius 3 is 2.79 bits per heavy atom. The van der Waals surface area contributed by atoms with Gasteiger partial charge in [-0.15, -0.1) is 0 Å². The Morgan fingerprint density at radius 2 is 2.15 bits per heavy atom. The van der Waals surface area contributed by atoms with Crippen LogP contribution in [0.25, 0.3) is 0 Å². The van der Waals surface area contributed by atoms with E-state index < -0.39 is 40.9 Å². The number of alkyl halides is 2. The van der Waals surface area contributed by atoms with Crippen LogP contribution in [-0.4, -0.2) is 58.6 Å². The lowest BCUT2D eigenvalue weighted by Crippen LogP contribution is -2.31. The number of nitrogens with zero attached hydrogens (tertiary/aromatic N) is 2. The van der Waals surface area contributed by atoms with Gasteiger partial charge in [-0.2, -0.15) is 13.2 Å². The minimum absolute atomic E-state index is 0.175. The molecular weight excluding hydrogens is 475 g/mol. The van der Waals surface area contributed by atoms with E-state index in [-0.39, 0.29) is 11.1 Å². The van der Waals surface area contributed by atoms with E-state index in [1.54, 1.807) is 6.92 Å². The summed E-state index contributed by atoms with van der Waals surface area (Å²) in [7, 11) is 0. The zero-order valence-electron chi connectivity index (χ0n) is 18.4. The summed E-state index contributed by atoms with van der Waals surface area (Å²) in [4.78, 5) is 26.2. The quantitative estimate of drug-likeness (QED) is 0.371. The van der Waals surface area contributed by atoms with Crippen LogP contribution in [0.5, 0.6) is 5.88 Å². The molecule has 2 aromatic rings. The molecule has 3 rings (SSSR count). The maximum atomic E-state index is 14.6. The number of benzene rings is 1. The first-order valence-corrected chi connectivity index (χ1v) is 11.4. The number of urea groups is 1. The normalized spacial score (nSPS) is 16.4. The number of hydrogen-bond acceptors (Lipinski definition) is 7. The van der Waals surface area contributed by atoms with E-state index in [9.17, 15) is 27.9 Å². The number of amides is 3. The number of aliphatic hydroxyl groups is 1. The molecule has 1 aliphatic rings. The van der Waals surface area contributed by atoms with Crippen LogP contribution in [0.3, 0.4) is 0 Å². The second-order valence-corrected chi connectivity index (χ2v) is 8.76. The first-order chi connectivity index (χ1) is 16.1. The summed E-state index contributed by atoms with van der Waals surface area (Å²) in [6, 6.07) is 2.41. The number of nitrogens with one attached hydrogen (secondary N) is 2. The van der Waals surface area contributed by atoms with Crippen molar-refractivity contribution in [2.75, 3.05) is 31.5 Å². The molecular formula is C21H26F3N5O4S. The van der Waals surface area contributed by atoms with Gasteiger partial charge >= 0.3 is 12.1 Å². The van der Waals surface area contributed by atoms with Gasteiger partial charge < -0.3 is 25.8 Å². The fourth-order valence-electron chi connectivity index (χ4n) is 3.51. The van der Waals surface area contributed by atoms with Crippen LogP contribution in [0, 0.1) is 12.7 Å². The van der Waals surface area contributed by atoms with Crippen molar-refractivity contribution in [3.63, 3.8) is 0 Å². The van der Waals surface area contributed by atoms with Gasteiger partial charge in [-0.3, -0.25) is 10.1 Å². The molecule has 5 N–H and O–H groups in total. The first-order valence-electron chi connectivity index (χ1n) is 10.6. The molecule has 1 aromatic carbocycles. The second kappa shape index (κ2) is 11.0. The predicted octanol–water partition coefficient (Wildman–Crippen LogP) is 2.79. The van der Waals surface area contributed by atoms with Gasteiger partial charge in [0.2, 0.25) is 5.88 Å². The number of halogens is 3. The van der Waals surface area contributed by atoms with Crippen LogP contribution in [0.15, 0.2) is 18.2 Å². The van der Waals surface area contributed by atoms with Gasteiger partial charge in [-0.05, 0) is 62.0 Å². The number of β-amino-alcohol motifs (C(OH)–C–C–N with tert-alkyl or cyclic N) is 1. The summed E-state index contributed by atoms with van der Waals surface area (Å²) in [5.74, 6) is -3.14. The third kappa shape index (κ3) is 6.58. The van der Waals surface area contributed by atoms with Crippen LogP contribution in [0.1, 0.15) is 40.7 Å². The summed E-state index contributed by atoms with van der Waals surface area (Å²) in [6.45, 7) is 4.17. The molecule has 1 fully saturated rings. The number of hydrogen-bond donors (Lipinski definition) is 4. The van der Waals surface area contributed by atoms with Crippen molar-refractivity contribution in [1.82, 2.24) is 14.6 Å². The summed E-state index contributed by atoms with van der Waals surface area (Å²) in [5, 5.41) is 14.3. The van der Waals surface area contributed by atoms with Crippen molar-refractivity contribution in [3.05, 3.63) is 40.7 Å². The molecule has 9 nitrogen and oxygen atoms in total. The van der Waals surface area contributed by atoms with Crippen LogP contribution < -0.4 is 21.1 Å². The highest BCUT2D eigenvalue weighted by Gasteiger charge is 2.40. The van der Waals surface area contributed by atoms with Crippen LogP contribution in [0.2, 0.25) is 0 Å². The van der Waals surface area contributed by atoms with Crippen molar-refractivity contribution in [2.45, 2.75) is 38.4 Å². The number of unbranched alkanes of at least 4 members (excludes halogenated alkanes) is 1. The van der Waals surface area contributed by atoms with E-state index in [2.05, 4.69) is 24.6 Å². The summed E-state index contributed by atoms with van der Waals surface area (Å²) < 4.78 is 51.3. The first kappa shape index (κ1) is 25.7. The van der Waals surface area contributed by atoms with Gasteiger partial charge in [0.1, 0.15) is 21.9 Å². The predicted molar refractivity (Wildman–Crippen MR) is 120 cm³/mol. The summed E-state index contributed by atoms with van der Waals surface area (Å²) in [6.07, 6.45) is -2.18. The number of aliphatic hydroxyl groups excluding tert-OH is 1. The molecule has 2 heterocycles. The highest BCUT2D eigenvalue weighted by molar-refractivity contribution is 7.11. The lowest BCUT2D eigenvalue weighted by atomic mass is 10.1. The molecule has 0 bridgehead atoms. The molecule has 3 amide bonds. The van der Waals surface area contributed by atoms with Crippen LogP contribution >= 0.6 is 11.5 Å². The van der Waals surface area contributed by atoms with E-state index >= 15 is 0 Å². The Kier molecular flexibility index (Phi) is 8.33. The number of likely N-dealkylation sites (tertiary alicyclic amines) is 1. The number of carbonyl (C=O) groups excluding carboxylic acids is 2. The molecule has 0 radical (unpaired) electrons. The van der Waals surface area contributed by atoms with Gasteiger partial charge in [-0.25, -0.2) is 9.18 Å². The number of aromatic nitrogens is 1.